The van der Waals surface area contributed by atoms with E-state index in [-0.39, 0.29) is 12.2 Å². The third-order valence-electron chi connectivity index (χ3n) is 5.99. The molecular weight excluding hydrogens is 290 g/mol. The van der Waals surface area contributed by atoms with Gasteiger partial charge in [-0.05, 0) is 56.8 Å². The second-order valence-corrected chi connectivity index (χ2v) is 7.71. The van der Waals surface area contributed by atoms with Crippen molar-refractivity contribution in [2.75, 3.05) is 39.4 Å². The van der Waals surface area contributed by atoms with Crippen LogP contribution in [0.5, 0.6) is 0 Å². The van der Waals surface area contributed by atoms with E-state index in [2.05, 4.69) is 17.1 Å². The molecule has 2 heterocycles. The zero-order valence-corrected chi connectivity index (χ0v) is 14.4. The van der Waals surface area contributed by atoms with Gasteiger partial charge in [0.2, 0.25) is 0 Å². The van der Waals surface area contributed by atoms with Crippen molar-refractivity contribution < 1.29 is 9.47 Å². The molecule has 5 heteroatoms. The molecule has 1 N–H and O–H groups in total. The molecule has 2 aliphatic carbocycles. The molecule has 0 aromatic heterocycles. The molecule has 2 saturated heterocycles. The fourth-order valence-electron chi connectivity index (χ4n) is 4.20. The monoisotopic (exact) mass is 321 g/mol. The number of morpholine rings is 1. The summed E-state index contributed by atoms with van der Waals surface area (Å²) in [7, 11) is 0. The fourth-order valence-corrected chi connectivity index (χ4v) is 4.20. The molecule has 0 aromatic rings. The zero-order chi connectivity index (χ0) is 15.7. The lowest BCUT2D eigenvalue weighted by molar-refractivity contribution is -0.0817. The van der Waals surface area contributed by atoms with E-state index in [0.29, 0.717) is 5.41 Å². The molecule has 4 aliphatic rings. The van der Waals surface area contributed by atoms with E-state index in [1.54, 1.807) is 0 Å². The third-order valence-corrected chi connectivity index (χ3v) is 5.99. The van der Waals surface area contributed by atoms with Crippen molar-refractivity contribution in [1.82, 2.24) is 10.2 Å². The molecular formula is C18H31N3O2. The Labute approximate surface area is 139 Å². The molecule has 0 radical (unpaired) electrons. The highest BCUT2D eigenvalue weighted by molar-refractivity contribution is 5.80. The lowest BCUT2D eigenvalue weighted by Crippen LogP contribution is -2.53. The Morgan fingerprint density at radius 3 is 2.65 bits per heavy atom. The Morgan fingerprint density at radius 2 is 2.00 bits per heavy atom. The topological polar surface area (TPSA) is 46.1 Å². The Morgan fingerprint density at radius 1 is 1.17 bits per heavy atom. The van der Waals surface area contributed by atoms with Crippen LogP contribution >= 0.6 is 0 Å². The highest BCUT2D eigenvalue weighted by Crippen LogP contribution is 2.61. The summed E-state index contributed by atoms with van der Waals surface area (Å²) in [5.74, 6) is 2.06. The molecule has 0 spiro atoms. The van der Waals surface area contributed by atoms with Crippen molar-refractivity contribution in [3.05, 3.63) is 0 Å². The number of guanidine groups is 1. The van der Waals surface area contributed by atoms with E-state index in [4.69, 9.17) is 14.5 Å². The summed E-state index contributed by atoms with van der Waals surface area (Å²) in [4.78, 5) is 7.42. The molecule has 4 fully saturated rings. The summed E-state index contributed by atoms with van der Waals surface area (Å²) < 4.78 is 11.8. The number of hydrogen-bond acceptors (Lipinski definition) is 3. The van der Waals surface area contributed by atoms with E-state index in [0.717, 1.165) is 57.7 Å². The first-order valence-electron chi connectivity index (χ1n) is 9.57. The SMILES string of the molecule is CCNC(=NCC1(C2CC2)CC1)N1CCOC(C2CCCO2)C1. The van der Waals surface area contributed by atoms with Gasteiger partial charge >= 0.3 is 0 Å². The summed E-state index contributed by atoms with van der Waals surface area (Å²) in [6, 6.07) is 0. The average Bonchev–Trinajstić information content (AvgIpc) is 3.50. The predicted octanol–water partition coefficient (Wildman–Crippen LogP) is 2.02. The van der Waals surface area contributed by atoms with Gasteiger partial charge in [0.25, 0.3) is 0 Å². The smallest absolute Gasteiger partial charge is 0.194 e. The first-order chi connectivity index (χ1) is 11.3. The van der Waals surface area contributed by atoms with E-state index < -0.39 is 0 Å². The predicted molar refractivity (Wildman–Crippen MR) is 90.7 cm³/mol. The first-order valence-corrected chi connectivity index (χ1v) is 9.57. The van der Waals surface area contributed by atoms with Crippen molar-refractivity contribution in [3.8, 4) is 0 Å². The average molecular weight is 321 g/mol. The second kappa shape index (κ2) is 6.60. The van der Waals surface area contributed by atoms with Crippen LogP contribution in [0.15, 0.2) is 4.99 Å². The van der Waals surface area contributed by atoms with Crippen LogP contribution in [0.3, 0.4) is 0 Å². The van der Waals surface area contributed by atoms with Gasteiger partial charge in [0.15, 0.2) is 5.96 Å². The maximum atomic E-state index is 5.98. The summed E-state index contributed by atoms with van der Waals surface area (Å²) in [6.07, 6.45) is 8.44. The van der Waals surface area contributed by atoms with Gasteiger partial charge in [0, 0.05) is 32.8 Å². The van der Waals surface area contributed by atoms with E-state index in [9.17, 15) is 0 Å². The summed E-state index contributed by atoms with van der Waals surface area (Å²) >= 11 is 0. The lowest BCUT2D eigenvalue weighted by atomic mass is 10.0. The van der Waals surface area contributed by atoms with Crippen LogP contribution in [-0.4, -0.2) is 62.5 Å². The normalized spacial score (nSPS) is 33.8. The summed E-state index contributed by atoms with van der Waals surface area (Å²) in [6.45, 7) is 7.62. The maximum absolute atomic E-state index is 5.98. The minimum absolute atomic E-state index is 0.202. The van der Waals surface area contributed by atoms with Crippen molar-refractivity contribution >= 4 is 5.96 Å². The Balaban J connectivity index is 1.39. The van der Waals surface area contributed by atoms with Crippen molar-refractivity contribution in [2.24, 2.45) is 16.3 Å². The van der Waals surface area contributed by atoms with Gasteiger partial charge in [-0.25, -0.2) is 0 Å². The van der Waals surface area contributed by atoms with Crippen molar-refractivity contribution in [3.63, 3.8) is 0 Å². The van der Waals surface area contributed by atoms with Crippen molar-refractivity contribution in [1.29, 1.82) is 0 Å². The number of nitrogens with zero attached hydrogens (tertiary/aromatic N) is 2. The minimum atomic E-state index is 0.202. The number of nitrogens with one attached hydrogen (secondary N) is 1. The van der Waals surface area contributed by atoms with Gasteiger partial charge in [0.1, 0.15) is 6.10 Å². The zero-order valence-electron chi connectivity index (χ0n) is 14.4. The highest BCUT2D eigenvalue weighted by Gasteiger charge is 2.53. The van der Waals surface area contributed by atoms with Gasteiger partial charge in [-0.15, -0.1) is 0 Å². The van der Waals surface area contributed by atoms with Crippen molar-refractivity contribution in [2.45, 2.75) is 57.7 Å². The van der Waals surface area contributed by atoms with Crippen LogP contribution in [0.2, 0.25) is 0 Å². The molecule has 23 heavy (non-hydrogen) atoms. The quantitative estimate of drug-likeness (QED) is 0.622. The fraction of sp³-hybridized carbons (Fsp3) is 0.944. The van der Waals surface area contributed by atoms with E-state index in [1.807, 2.05) is 0 Å². The number of hydrogen-bond donors (Lipinski definition) is 1. The van der Waals surface area contributed by atoms with Gasteiger partial charge in [0.05, 0.1) is 12.7 Å². The Hall–Kier alpha value is -0.810. The molecule has 2 saturated carbocycles. The second-order valence-electron chi connectivity index (χ2n) is 7.71. The molecule has 130 valence electrons. The first kappa shape index (κ1) is 15.7. The summed E-state index contributed by atoms with van der Waals surface area (Å²) in [5.41, 5.74) is 0.570. The number of rotatable bonds is 5. The van der Waals surface area contributed by atoms with Gasteiger partial charge < -0.3 is 19.7 Å². The standard InChI is InChI=1S/C18H31N3O2/c1-2-19-17(20-13-18(7-8-18)14-5-6-14)21-9-11-23-16(12-21)15-4-3-10-22-15/h14-16H,2-13H2,1H3,(H,19,20). The third kappa shape index (κ3) is 3.50. The maximum Gasteiger partial charge on any atom is 0.194 e. The Bertz CT molecular complexity index is 440. The molecule has 2 atom stereocenters. The van der Waals surface area contributed by atoms with Gasteiger partial charge in [-0.2, -0.15) is 0 Å². The van der Waals surface area contributed by atoms with Crippen LogP contribution in [0.4, 0.5) is 0 Å². The number of ether oxygens (including phenoxy) is 2. The minimum Gasteiger partial charge on any atom is -0.375 e. The summed E-state index contributed by atoms with van der Waals surface area (Å²) in [5, 5.41) is 3.50. The molecule has 2 unspecified atom stereocenters. The van der Waals surface area contributed by atoms with Crippen LogP contribution in [0.25, 0.3) is 0 Å². The van der Waals surface area contributed by atoms with Gasteiger partial charge in [-0.3, -0.25) is 4.99 Å². The van der Waals surface area contributed by atoms with Crippen LogP contribution in [0, 0.1) is 11.3 Å². The van der Waals surface area contributed by atoms with E-state index >= 15 is 0 Å². The largest absolute Gasteiger partial charge is 0.375 e. The highest BCUT2D eigenvalue weighted by atomic mass is 16.5. The van der Waals surface area contributed by atoms with Crippen LogP contribution in [0.1, 0.15) is 45.4 Å². The number of aliphatic imine (C=N–C) groups is 1. The molecule has 0 aromatic carbocycles. The molecule has 0 amide bonds. The van der Waals surface area contributed by atoms with Crippen LogP contribution in [-0.2, 0) is 9.47 Å². The molecule has 4 rings (SSSR count). The molecule has 0 bridgehead atoms. The van der Waals surface area contributed by atoms with E-state index in [1.165, 1.54) is 32.1 Å². The van der Waals surface area contributed by atoms with Gasteiger partial charge in [-0.1, -0.05) is 0 Å². The van der Waals surface area contributed by atoms with Crippen LogP contribution < -0.4 is 5.32 Å². The molecule has 2 aliphatic heterocycles. The molecule has 5 nitrogen and oxygen atoms in total. The lowest BCUT2D eigenvalue weighted by Gasteiger charge is -2.37. The Kier molecular flexibility index (Phi) is 4.50.